The van der Waals surface area contributed by atoms with E-state index in [-0.39, 0.29) is 11.3 Å². The first-order valence-electron chi connectivity index (χ1n) is 10.9. The molecule has 0 saturated heterocycles. The lowest BCUT2D eigenvalue weighted by Crippen LogP contribution is -2.12. The first-order valence-corrected chi connectivity index (χ1v) is 10.9. The minimum absolute atomic E-state index is 0.0683. The fourth-order valence-corrected chi connectivity index (χ4v) is 5.46. The molecule has 29 heavy (non-hydrogen) atoms. The van der Waals surface area contributed by atoms with Gasteiger partial charge in [0.05, 0.1) is 7.11 Å². The molecule has 0 spiro atoms. The van der Waals surface area contributed by atoms with Crippen molar-refractivity contribution in [2.24, 2.45) is 17.8 Å². The van der Waals surface area contributed by atoms with Gasteiger partial charge >= 0.3 is 0 Å². The minimum Gasteiger partial charge on any atom is -0.494 e. The van der Waals surface area contributed by atoms with Gasteiger partial charge in [-0.15, -0.1) is 0 Å². The van der Waals surface area contributed by atoms with Crippen LogP contribution in [0.2, 0.25) is 0 Å². The van der Waals surface area contributed by atoms with Crippen LogP contribution in [0, 0.1) is 29.4 Å². The van der Waals surface area contributed by atoms with Gasteiger partial charge in [0.25, 0.3) is 0 Å². The average Bonchev–Trinajstić information content (AvgIpc) is 3.32. The number of halogens is 2. The number of hydrogen-bond acceptors (Lipinski definition) is 1. The second kappa shape index (κ2) is 8.69. The zero-order valence-electron chi connectivity index (χ0n) is 17.4. The number of rotatable bonds is 7. The van der Waals surface area contributed by atoms with Crippen LogP contribution >= 0.6 is 0 Å². The van der Waals surface area contributed by atoms with E-state index in [2.05, 4.69) is 25.1 Å². The van der Waals surface area contributed by atoms with Crippen molar-refractivity contribution < 1.29 is 13.5 Å². The van der Waals surface area contributed by atoms with Crippen molar-refractivity contribution in [3.63, 3.8) is 0 Å². The third kappa shape index (κ3) is 3.97. The quantitative estimate of drug-likeness (QED) is 0.445. The number of allylic oxidation sites excluding steroid dienone is 2. The maximum Gasteiger partial charge on any atom is 0.201 e. The molecule has 1 saturated carbocycles. The molecule has 3 unspecified atom stereocenters. The number of methoxy groups -OCH3 is 1. The van der Waals surface area contributed by atoms with Crippen LogP contribution in [0.4, 0.5) is 8.78 Å². The second-order valence-electron chi connectivity index (χ2n) is 8.55. The highest BCUT2D eigenvalue weighted by Crippen LogP contribution is 2.50. The molecule has 2 aromatic rings. The molecule has 0 N–H and O–H groups in total. The van der Waals surface area contributed by atoms with Gasteiger partial charge < -0.3 is 4.74 Å². The summed E-state index contributed by atoms with van der Waals surface area (Å²) in [6, 6.07) is 10.9. The molecular weight excluding hydrogens is 366 g/mol. The summed E-state index contributed by atoms with van der Waals surface area (Å²) in [6.07, 6.45) is 11.3. The van der Waals surface area contributed by atoms with E-state index in [0.29, 0.717) is 5.56 Å². The summed E-state index contributed by atoms with van der Waals surface area (Å²) < 4.78 is 33.2. The largest absolute Gasteiger partial charge is 0.494 e. The summed E-state index contributed by atoms with van der Waals surface area (Å²) in [4.78, 5) is 0. The lowest BCUT2D eigenvalue weighted by atomic mass is 9.85. The molecule has 2 aromatic carbocycles. The predicted molar refractivity (Wildman–Crippen MR) is 114 cm³/mol. The van der Waals surface area contributed by atoms with Crippen LogP contribution in [0.3, 0.4) is 0 Å². The molecule has 3 atom stereocenters. The van der Waals surface area contributed by atoms with Crippen LogP contribution in [0.15, 0.2) is 48.0 Å². The van der Waals surface area contributed by atoms with Gasteiger partial charge in [0.15, 0.2) is 11.6 Å². The van der Waals surface area contributed by atoms with E-state index in [1.807, 2.05) is 12.1 Å². The van der Waals surface area contributed by atoms with E-state index in [0.717, 1.165) is 24.2 Å². The zero-order chi connectivity index (χ0) is 20.4. The van der Waals surface area contributed by atoms with E-state index in [1.54, 1.807) is 11.6 Å². The minimum atomic E-state index is -0.933. The normalized spacial score (nSPS) is 23.2. The van der Waals surface area contributed by atoms with Crippen LogP contribution in [0.25, 0.3) is 11.1 Å². The molecule has 154 valence electrons. The van der Waals surface area contributed by atoms with Crippen molar-refractivity contribution in [3.05, 3.63) is 65.2 Å². The molecular formula is C26H30F2O. The van der Waals surface area contributed by atoms with Crippen LogP contribution in [-0.2, 0) is 6.42 Å². The van der Waals surface area contributed by atoms with Gasteiger partial charge in [-0.3, -0.25) is 0 Å². The fraction of sp³-hybridized carbons (Fsp3) is 0.462. The zero-order valence-corrected chi connectivity index (χ0v) is 17.4. The maximum absolute atomic E-state index is 14.3. The maximum atomic E-state index is 14.3. The standard InChI is InChI=1S/C26H30F2O/c1-3-4-18-11-13-22-19(12-14-21(18)22)8-5-17-6-9-20(10-7-17)23-15-16-24(29-2)26(28)25(23)27/h6-7,9-11,15-16,19,21-22H,3-5,8,12-14H2,1-2H3. The summed E-state index contributed by atoms with van der Waals surface area (Å²) in [5, 5.41) is 0. The van der Waals surface area contributed by atoms with Crippen molar-refractivity contribution in [3.8, 4) is 16.9 Å². The van der Waals surface area contributed by atoms with Crippen molar-refractivity contribution in [1.29, 1.82) is 0 Å². The van der Waals surface area contributed by atoms with Crippen LogP contribution in [0.1, 0.15) is 51.0 Å². The van der Waals surface area contributed by atoms with Crippen molar-refractivity contribution >= 4 is 0 Å². The molecule has 0 radical (unpaired) electrons. The monoisotopic (exact) mass is 396 g/mol. The summed E-state index contributed by atoms with van der Waals surface area (Å²) in [5.74, 6) is 0.658. The summed E-state index contributed by atoms with van der Waals surface area (Å²) in [7, 11) is 1.34. The topological polar surface area (TPSA) is 9.23 Å². The molecule has 0 heterocycles. The van der Waals surface area contributed by atoms with Crippen LogP contribution in [-0.4, -0.2) is 7.11 Å². The Bertz CT molecular complexity index is 884. The summed E-state index contributed by atoms with van der Waals surface area (Å²) in [5.41, 5.74) is 3.95. The van der Waals surface area contributed by atoms with E-state index in [9.17, 15) is 8.78 Å². The van der Waals surface area contributed by atoms with Crippen molar-refractivity contribution in [1.82, 2.24) is 0 Å². The Hall–Kier alpha value is -2.16. The number of aryl methyl sites for hydroxylation is 1. The molecule has 1 nitrogen and oxygen atoms in total. The van der Waals surface area contributed by atoms with Gasteiger partial charge in [-0.25, -0.2) is 4.39 Å². The Labute approximate surface area is 172 Å². The molecule has 2 aliphatic rings. The third-order valence-corrected chi connectivity index (χ3v) is 6.97. The molecule has 3 heteroatoms. The highest BCUT2D eigenvalue weighted by molar-refractivity contribution is 5.65. The molecule has 0 bridgehead atoms. The Balaban J connectivity index is 1.38. The van der Waals surface area contributed by atoms with Gasteiger partial charge in [-0.05, 0) is 79.5 Å². The Morgan fingerprint density at radius 2 is 1.76 bits per heavy atom. The van der Waals surface area contributed by atoms with Crippen molar-refractivity contribution in [2.45, 2.75) is 51.9 Å². The average molecular weight is 397 g/mol. The van der Waals surface area contributed by atoms with Gasteiger partial charge in [0.2, 0.25) is 5.82 Å². The van der Waals surface area contributed by atoms with Gasteiger partial charge in [0.1, 0.15) is 0 Å². The van der Waals surface area contributed by atoms with E-state index in [1.165, 1.54) is 57.3 Å². The van der Waals surface area contributed by atoms with E-state index < -0.39 is 11.6 Å². The molecule has 0 aliphatic heterocycles. The number of benzene rings is 2. The molecule has 1 fully saturated rings. The predicted octanol–water partition coefficient (Wildman–Crippen LogP) is 7.35. The Kier molecular flexibility index (Phi) is 6.03. The van der Waals surface area contributed by atoms with Crippen LogP contribution in [0.5, 0.6) is 5.75 Å². The fourth-order valence-electron chi connectivity index (χ4n) is 5.46. The number of fused-ring (bicyclic) bond motifs is 1. The summed E-state index contributed by atoms with van der Waals surface area (Å²) in [6.45, 7) is 2.27. The Morgan fingerprint density at radius 3 is 2.48 bits per heavy atom. The molecule has 0 aromatic heterocycles. The van der Waals surface area contributed by atoms with Gasteiger partial charge in [-0.1, -0.05) is 49.3 Å². The smallest absolute Gasteiger partial charge is 0.201 e. The lowest BCUT2D eigenvalue weighted by Gasteiger charge is -2.20. The molecule has 0 amide bonds. The lowest BCUT2D eigenvalue weighted by molar-refractivity contribution is 0.341. The molecule has 4 rings (SSSR count). The SMILES string of the molecule is CCCC1=CCC2C(CCc3ccc(-c4ccc(OC)c(F)c4F)cc3)CCC12. The van der Waals surface area contributed by atoms with E-state index >= 15 is 0 Å². The van der Waals surface area contributed by atoms with Crippen LogP contribution < -0.4 is 4.74 Å². The van der Waals surface area contributed by atoms with Crippen molar-refractivity contribution in [2.75, 3.05) is 7.11 Å². The van der Waals surface area contributed by atoms with Gasteiger partial charge in [-0.2, -0.15) is 4.39 Å². The first kappa shape index (κ1) is 20.1. The third-order valence-electron chi connectivity index (χ3n) is 6.97. The first-order chi connectivity index (χ1) is 14.1. The number of hydrogen-bond donors (Lipinski definition) is 0. The van der Waals surface area contributed by atoms with Gasteiger partial charge in [0, 0.05) is 5.56 Å². The second-order valence-corrected chi connectivity index (χ2v) is 8.55. The number of ether oxygens (including phenoxy) is 1. The highest BCUT2D eigenvalue weighted by atomic mass is 19.2. The Morgan fingerprint density at radius 1 is 0.966 bits per heavy atom. The van der Waals surface area contributed by atoms with E-state index in [4.69, 9.17) is 4.74 Å². The summed E-state index contributed by atoms with van der Waals surface area (Å²) >= 11 is 0. The molecule has 2 aliphatic carbocycles. The highest BCUT2D eigenvalue weighted by Gasteiger charge is 2.39.